The van der Waals surface area contributed by atoms with Crippen molar-refractivity contribution in [1.29, 1.82) is 0 Å². The van der Waals surface area contributed by atoms with E-state index in [9.17, 15) is 0 Å². The van der Waals surface area contributed by atoms with E-state index in [1.165, 1.54) is 10.8 Å². The van der Waals surface area contributed by atoms with Crippen molar-refractivity contribution in [3.05, 3.63) is 187 Å². The summed E-state index contributed by atoms with van der Waals surface area (Å²) in [6.07, 6.45) is 1.88. The van der Waals surface area contributed by atoms with E-state index in [-0.39, 0.29) is 0 Å². The lowest BCUT2D eigenvalue weighted by atomic mass is 9.99. The van der Waals surface area contributed by atoms with Gasteiger partial charge >= 0.3 is 0 Å². The molecule has 0 aliphatic carbocycles. The van der Waals surface area contributed by atoms with E-state index < -0.39 is 0 Å². The van der Waals surface area contributed by atoms with Crippen molar-refractivity contribution in [1.82, 2.24) is 19.1 Å². The van der Waals surface area contributed by atoms with Gasteiger partial charge in [0, 0.05) is 39.0 Å². The Balaban J connectivity index is 1.30. The van der Waals surface area contributed by atoms with Crippen LogP contribution in [0.5, 0.6) is 0 Å². The van der Waals surface area contributed by atoms with Gasteiger partial charge in [-0.3, -0.25) is 4.57 Å². The summed E-state index contributed by atoms with van der Waals surface area (Å²) in [6.45, 7) is 7.46. The fraction of sp³-hybridized carbons (Fsp3) is 0. The molecule has 52 heavy (non-hydrogen) atoms. The van der Waals surface area contributed by atoms with Crippen molar-refractivity contribution < 1.29 is 0 Å². The first-order valence-electron chi connectivity index (χ1n) is 17.3. The second-order valence-electron chi connectivity index (χ2n) is 12.9. The number of pyridine rings is 2. The first-order chi connectivity index (χ1) is 25.8. The molecule has 4 heterocycles. The van der Waals surface area contributed by atoms with Gasteiger partial charge in [-0.1, -0.05) is 115 Å². The zero-order chi connectivity index (χ0) is 34.6. The number of hydrogen-bond donors (Lipinski definition) is 0. The summed E-state index contributed by atoms with van der Waals surface area (Å²) < 4.78 is 4.70. The monoisotopic (exact) mass is 663 g/mol. The van der Waals surface area contributed by atoms with Gasteiger partial charge in [-0.2, -0.15) is 0 Å². The Morgan fingerprint density at radius 3 is 2.04 bits per heavy atom. The molecule has 4 aromatic heterocycles. The first kappa shape index (κ1) is 29.6. The summed E-state index contributed by atoms with van der Waals surface area (Å²) in [6, 6.07) is 58.9. The van der Waals surface area contributed by atoms with Crippen molar-refractivity contribution in [3.63, 3.8) is 0 Å². The molecule has 0 bridgehead atoms. The maximum Gasteiger partial charge on any atom is 0.187 e. The average molecular weight is 664 g/mol. The molecule has 6 aromatic carbocycles. The molecule has 0 atom stereocenters. The van der Waals surface area contributed by atoms with E-state index in [0.717, 1.165) is 78.0 Å². The van der Waals surface area contributed by atoms with Gasteiger partial charge in [0.1, 0.15) is 5.65 Å². The van der Waals surface area contributed by atoms with E-state index in [1.54, 1.807) is 0 Å². The molecule has 242 valence electrons. The highest BCUT2D eigenvalue weighted by atomic mass is 15.1. The van der Waals surface area contributed by atoms with Gasteiger partial charge in [0.15, 0.2) is 5.69 Å². The number of hydrogen-bond acceptors (Lipinski definition) is 2. The summed E-state index contributed by atoms with van der Waals surface area (Å²) in [5, 5.41) is 4.60. The minimum atomic E-state index is 0.604. The molecule has 0 N–H and O–H groups in total. The molecule has 0 radical (unpaired) electrons. The van der Waals surface area contributed by atoms with Gasteiger partial charge < -0.3 is 4.57 Å². The zero-order valence-electron chi connectivity index (χ0n) is 28.0. The molecule has 10 rings (SSSR count). The van der Waals surface area contributed by atoms with Crippen molar-refractivity contribution in [3.8, 4) is 45.0 Å². The quantitative estimate of drug-likeness (QED) is 0.172. The van der Waals surface area contributed by atoms with Crippen LogP contribution >= 0.6 is 0 Å². The number of para-hydroxylation sites is 3. The smallest absolute Gasteiger partial charge is 0.187 e. The summed E-state index contributed by atoms with van der Waals surface area (Å²) in [4.78, 5) is 14.0. The first-order valence-corrected chi connectivity index (χ1v) is 17.3. The van der Waals surface area contributed by atoms with Crippen molar-refractivity contribution >= 4 is 49.4 Å². The van der Waals surface area contributed by atoms with Crippen LogP contribution in [-0.2, 0) is 0 Å². The van der Waals surface area contributed by atoms with Crippen LogP contribution in [0, 0.1) is 6.57 Å². The van der Waals surface area contributed by atoms with E-state index in [4.69, 9.17) is 16.5 Å². The molecule has 0 fully saturated rings. The Morgan fingerprint density at radius 1 is 0.500 bits per heavy atom. The lowest BCUT2D eigenvalue weighted by molar-refractivity contribution is 1.14. The van der Waals surface area contributed by atoms with Gasteiger partial charge in [0.25, 0.3) is 0 Å². The third kappa shape index (κ3) is 4.63. The molecule has 0 aliphatic heterocycles. The molecular formula is C47H29N5. The number of fused-ring (bicyclic) bond motifs is 7. The molecule has 5 nitrogen and oxygen atoms in total. The summed E-state index contributed by atoms with van der Waals surface area (Å²) >= 11 is 0. The normalized spacial score (nSPS) is 11.4. The van der Waals surface area contributed by atoms with E-state index in [1.807, 2.05) is 42.6 Å². The van der Waals surface area contributed by atoms with Gasteiger partial charge in [0.2, 0.25) is 0 Å². The van der Waals surface area contributed by atoms with Crippen LogP contribution < -0.4 is 0 Å². The van der Waals surface area contributed by atoms with Crippen molar-refractivity contribution in [2.24, 2.45) is 0 Å². The predicted octanol–water partition coefficient (Wildman–Crippen LogP) is 12.2. The van der Waals surface area contributed by atoms with Crippen molar-refractivity contribution in [2.45, 2.75) is 0 Å². The van der Waals surface area contributed by atoms with Gasteiger partial charge in [0.05, 0.1) is 40.2 Å². The highest BCUT2D eigenvalue weighted by Gasteiger charge is 2.23. The van der Waals surface area contributed by atoms with Gasteiger partial charge in [-0.15, -0.1) is 0 Å². The SMILES string of the molecule is [C-]#[N+]c1ccc(-c2cc(-c3ccccc3)cc(-c3ccccc3-n3c4ncccc4c4ccc5c(c6ccccc6n5-c5ccccc5)c43)n2)cc1. The third-order valence-electron chi connectivity index (χ3n) is 9.98. The molecule has 0 unspecified atom stereocenters. The number of nitrogens with zero attached hydrogens (tertiary/aromatic N) is 5. The number of aromatic nitrogens is 4. The molecule has 0 amide bonds. The Bertz CT molecular complexity index is 3000. The maximum atomic E-state index is 7.46. The molecule has 0 saturated heterocycles. The lowest BCUT2D eigenvalue weighted by Gasteiger charge is -2.16. The Hall–Kier alpha value is -7.29. The van der Waals surface area contributed by atoms with Gasteiger partial charge in [-0.05, 0) is 71.3 Å². The highest BCUT2D eigenvalue weighted by molar-refractivity contribution is 6.26. The van der Waals surface area contributed by atoms with Crippen LogP contribution in [0.3, 0.4) is 0 Å². The molecular weight excluding hydrogens is 635 g/mol. The summed E-state index contributed by atoms with van der Waals surface area (Å²) in [7, 11) is 0. The predicted molar refractivity (Wildman–Crippen MR) is 213 cm³/mol. The van der Waals surface area contributed by atoms with Crippen LogP contribution in [0.15, 0.2) is 176 Å². The van der Waals surface area contributed by atoms with E-state index >= 15 is 0 Å². The van der Waals surface area contributed by atoms with Crippen LogP contribution in [0.2, 0.25) is 0 Å². The summed E-state index contributed by atoms with van der Waals surface area (Å²) in [5.41, 5.74) is 12.8. The molecule has 0 saturated carbocycles. The second-order valence-corrected chi connectivity index (χ2v) is 12.9. The fourth-order valence-electron chi connectivity index (χ4n) is 7.68. The second kappa shape index (κ2) is 11.9. The Morgan fingerprint density at radius 2 is 1.21 bits per heavy atom. The minimum Gasteiger partial charge on any atom is -0.309 e. The van der Waals surface area contributed by atoms with Crippen LogP contribution in [-0.4, -0.2) is 19.1 Å². The van der Waals surface area contributed by atoms with Crippen LogP contribution in [0.4, 0.5) is 5.69 Å². The van der Waals surface area contributed by atoms with E-state index in [0.29, 0.717) is 5.69 Å². The largest absolute Gasteiger partial charge is 0.309 e. The van der Waals surface area contributed by atoms with Gasteiger partial charge in [-0.25, -0.2) is 14.8 Å². The summed E-state index contributed by atoms with van der Waals surface area (Å²) in [5.74, 6) is 0. The number of rotatable bonds is 5. The molecule has 0 spiro atoms. The fourth-order valence-corrected chi connectivity index (χ4v) is 7.68. The standard InChI is InChI=1S/C47H29N5/c1-48-34-24-22-32(23-25-34)40-29-33(31-13-4-2-5-14-31)30-41(50-40)38-17-8-10-20-42(38)52-46-36(37-19-12-28-49-47(37)52)26-27-44-45(46)39-18-9-11-21-43(39)51(44)35-15-6-3-7-16-35/h2-30H. The van der Waals surface area contributed by atoms with Crippen LogP contribution in [0.1, 0.15) is 0 Å². The topological polar surface area (TPSA) is 40.0 Å². The van der Waals surface area contributed by atoms with E-state index in [2.05, 4.69) is 147 Å². The zero-order valence-corrected chi connectivity index (χ0v) is 28.0. The lowest BCUT2D eigenvalue weighted by Crippen LogP contribution is -2.00. The number of benzene rings is 6. The average Bonchev–Trinajstić information content (AvgIpc) is 3.74. The third-order valence-corrected chi connectivity index (χ3v) is 9.98. The molecule has 5 heteroatoms. The maximum absolute atomic E-state index is 7.46. The minimum absolute atomic E-state index is 0.604. The van der Waals surface area contributed by atoms with Crippen molar-refractivity contribution in [2.75, 3.05) is 0 Å². The Kier molecular flexibility index (Phi) is 6.80. The van der Waals surface area contributed by atoms with Crippen LogP contribution in [0.25, 0.3) is 93.6 Å². The molecule has 0 aliphatic rings. The molecule has 10 aromatic rings. The Labute approximate surface area is 300 Å². The highest BCUT2D eigenvalue weighted by Crippen LogP contribution is 2.43.